The molecule has 2 atom stereocenters. The molecule has 2 rings (SSSR count). The van der Waals surface area contributed by atoms with Crippen molar-refractivity contribution < 1.29 is 4.79 Å². The van der Waals surface area contributed by atoms with Crippen molar-refractivity contribution in [3.05, 3.63) is 30.1 Å². The SMILES string of the molecule is NC1CCCCC1CC(=O)NCCc1ccncc1. The molecule has 3 N–H and O–H groups in total. The molecule has 19 heavy (non-hydrogen) atoms. The van der Waals surface area contributed by atoms with E-state index in [0.717, 1.165) is 19.3 Å². The number of rotatable bonds is 5. The lowest BCUT2D eigenvalue weighted by atomic mass is 9.83. The minimum absolute atomic E-state index is 0.136. The Kier molecular flexibility index (Phi) is 5.33. The van der Waals surface area contributed by atoms with Gasteiger partial charge in [0.25, 0.3) is 0 Å². The first-order valence-electron chi connectivity index (χ1n) is 7.17. The molecule has 1 aromatic heterocycles. The topological polar surface area (TPSA) is 68.0 Å². The van der Waals surface area contributed by atoms with Crippen LogP contribution >= 0.6 is 0 Å². The van der Waals surface area contributed by atoms with Gasteiger partial charge in [-0.3, -0.25) is 9.78 Å². The lowest BCUT2D eigenvalue weighted by Crippen LogP contribution is -2.37. The standard InChI is InChI=1S/C15H23N3O/c16-14-4-2-1-3-13(14)11-15(19)18-10-7-12-5-8-17-9-6-12/h5-6,8-9,13-14H,1-4,7,10-11,16H2,(H,18,19). The van der Waals surface area contributed by atoms with Crippen molar-refractivity contribution in [1.29, 1.82) is 0 Å². The molecule has 0 spiro atoms. The Balaban J connectivity index is 1.67. The van der Waals surface area contributed by atoms with Crippen LogP contribution in [0.1, 0.15) is 37.7 Å². The summed E-state index contributed by atoms with van der Waals surface area (Å²) in [6.45, 7) is 0.685. The van der Waals surface area contributed by atoms with E-state index in [0.29, 0.717) is 18.9 Å². The monoisotopic (exact) mass is 261 g/mol. The molecule has 104 valence electrons. The van der Waals surface area contributed by atoms with Gasteiger partial charge >= 0.3 is 0 Å². The summed E-state index contributed by atoms with van der Waals surface area (Å²) in [5.74, 6) is 0.506. The molecule has 1 aliphatic rings. The van der Waals surface area contributed by atoms with Gasteiger partial charge in [0.05, 0.1) is 0 Å². The molecule has 1 aromatic rings. The number of carbonyl (C=O) groups excluding carboxylic acids is 1. The molecule has 0 radical (unpaired) electrons. The van der Waals surface area contributed by atoms with E-state index >= 15 is 0 Å². The molecule has 1 amide bonds. The molecule has 1 heterocycles. The summed E-state index contributed by atoms with van der Waals surface area (Å²) >= 11 is 0. The molecule has 0 aliphatic heterocycles. The van der Waals surface area contributed by atoms with Gasteiger partial charge in [0.2, 0.25) is 5.91 Å². The van der Waals surface area contributed by atoms with Crippen LogP contribution in [-0.2, 0) is 11.2 Å². The van der Waals surface area contributed by atoms with Crippen molar-refractivity contribution in [3.63, 3.8) is 0 Å². The Bertz CT molecular complexity index is 394. The molecule has 4 nitrogen and oxygen atoms in total. The predicted octanol–water partition coefficient (Wildman–Crippen LogP) is 1.65. The van der Waals surface area contributed by atoms with E-state index in [1.165, 1.54) is 18.4 Å². The number of carbonyl (C=O) groups is 1. The number of aromatic nitrogens is 1. The second-order valence-corrected chi connectivity index (χ2v) is 5.37. The summed E-state index contributed by atoms with van der Waals surface area (Å²) in [7, 11) is 0. The minimum atomic E-state index is 0.136. The van der Waals surface area contributed by atoms with E-state index < -0.39 is 0 Å². The van der Waals surface area contributed by atoms with Crippen LogP contribution in [0.3, 0.4) is 0 Å². The fourth-order valence-corrected chi connectivity index (χ4v) is 2.70. The molecule has 4 heteroatoms. The molecular formula is C15H23N3O. The molecule has 1 fully saturated rings. The second kappa shape index (κ2) is 7.24. The largest absolute Gasteiger partial charge is 0.356 e. The summed E-state index contributed by atoms with van der Waals surface area (Å²) in [6, 6.07) is 4.16. The van der Waals surface area contributed by atoms with Crippen LogP contribution in [0.25, 0.3) is 0 Å². The highest BCUT2D eigenvalue weighted by Gasteiger charge is 2.23. The Morgan fingerprint density at radius 1 is 1.32 bits per heavy atom. The van der Waals surface area contributed by atoms with Crippen molar-refractivity contribution in [2.75, 3.05) is 6.54 Å². The van der Waals surface area contributed by atoms with E-state index in [1.54, 1.807) is 12.4 Å². The number of nitrogens with one attached hydrogen (secondary N) is 1. The predicted molar refractivity (Wildman–Crippen MR) is 75.5 cm³/mol. The van der Waals surface area contributed by atoms with Gasteiger partial charge in [-0.25, -0.2) is 0 Å². The number of amides is 1. The Hall–Kier alpha value is -1.42. The van der Waals surface area contributed by atoms with Gasteiger partial charge in [-0.1, -0.05) is 12.8 Å². The summed E-state index contributed by atoms with van der Waals surface area (Å²) in [5.41, 5.74) is 7.26. The Morgan fingerprint density at radius 3 is 2.79 bits per heavy atom. The van der Waals surface area contributed by atoms with Crippen molar-refractivity contribution in [2.24, 2.45) is 11.7 Å². The summed E-state index contributed by atoms with van der Waals surface area (Å²) in [5, 5.41) is 2.98. The number of nitrogens with two attached hydrogens (primary N) is 1. The fraction of sp³-hybridized carbons (Fsp3) is 0.600. The van der Waals surface area contributed by atoms with Crippen molar-refractivity contribution >= 4 is 5.91 Å². The van der Waals surface area contributed by atoms with Gasteiger partial charge in [0.1, 0.15) is 0 Å². The first kappa shape index (κ1) is 14.0. The maximum Gasteiger partial charge on any atom is 0.220 e. The molecular weight excluding hydrogens is 238 g/mol. The third-order valence-electron chi connectivity index (χ3n) is 3.90. The fourth-order valence-electron chi connectivity index (χ4n) is 2.70. The molecule has 0 aromatic carbocycles. The van der Waals surface area contributed by atoms with Gasteiger partial charge in [-0.15, -0.1) is 0 Å². The Labute approximate surface area is 114 Å². The maximum atomic E-state index is 11.9. The Morgan fingerprint density at radius 2 is 2.05 bits per heavy atom. The van der Waals surface area contributed by atoms with E-state index in [-0.39, 0.29) is 11.9 Å². The van der Waals surface area contributed by atoms with Gasteiger partial charge in [-0.05, 0) is 42.9 Å². The van der Waals surface area contributed by atoms with E-state index in [9.17, 15) is 4.79 Å². The normalized spacial score (nSPS) is 23.0. The molecule has 1 saturated carbocycles. The van der Waals surface area contributed by atoms with Crippen LogP contribution in [-0.4, -0.2) is 23.5 Å². The van der Waals surface area contributed by atoms with Crippen LogP contribution in [0.2, 0.25) is 0 Å². The van der Waals surface area contributed by atoms with Crippen LogP contribution in [0.15, 0.2) is 24.5 Å². The third kappa shape index (κ3) is 4.63. The van der Waals surface area contributed by atoms with Crippen LogP contribution < -0.4 is 11.1 Å². The number of hydrogen-bond donors (Lipinski definition) is 2. The number of pyridine rings is 1. The highest BCUT2D eigenvalue weighted by molar-refractivity contribution is 5.76. The van der Waals surface area contributed by atoms with E-state index in [4.69, 9.17) is 5.73 Å². The summed E-state index contributed by atoms with van der Waals surface area (Å²) in [4.78, 5) is 15.8. The molecule has 0 bridgehead atoms. The summed E-state index contributed by atoms with van der Waals surface area (Å²) in [6.07, 6.45) is 9.57. The lowest BCUT2D eigenvalue weighted by molar-refractivity contribution is -0.122. The van der Waals surface area contributed by atoms with Crippen LogP contribution in [0.5, 0.6) is 0 Å². The van der Waals surface area contributed by atoms with Gasteiger partial charge < -0.3 is 11.1 Å². The van der Waals surface area contributed by atoms with Gasteiger partial charge in [0, 0.05) is 31.4 Å². The zero-order valence-electron chi connectivity index (χ0n) is 11.3. The van der Waals surface area contributed by atoms with Crippen molar-refractivity contribution in [1.82, 2.24) is 10.3 Å². The van der Waals surface area contributed by atoms with Gasteiger partial charge in [-0.2, -0.15) is 0 Å². The van der Waals surface area contributed by atoms with Gasteiger partial charge in [0.15, 0.2) is 0 Å². The zero-order chi connectivity index (χ0) is 13.5. The molecule has 0 saturated heterocycles. The average molecular weight is 261 g/mol. The first-order chi connectivity index (χ1) is 9.25. The number of hydrogen-bond acceptors (Lipinski definition) is 3. The third-order valence-corrected chi connectivity index (χ3v) is 3.90. The van der Waals surface area contributed by atoms with Crippen molar-refractivity contribution in [2.45, 2.75) is 44.6 Å². The highest BCUT2D eigenvalue weighted by atomic mass is 16.1. The van der Waals surface area contributed by atoms with E-state index in [2.05, 4.69) is 10.3 Å². The minimum Gasteiger partial charge on any atom is -0.356 e. The quantitative estimate of drug-likeness (QED) is 0.847. The lowest BCUT2D eigenvalue weighted by Gasteiger charge is -2.27. The second-order valence-electron chi connectivity index (χ2n) is 5.37. The van der Waals surface area contributed by atoms with Crippen LogP contribution in [0, 0.1) is 5.92 Å². The van der Waals surface area contributed by atoms with Crippen LogP contribution in [0.4, 0.5) is 0 Å². The molecule has 1 aliphatic carbocycles. The first-order valence-corrected chi connectivity index (χ1v) is 7.17. The summed E-state index contributed by atoms with van der Waals surface area (Å²) < 4.78 is 0. The average Bonchev–Trinajstić information content (AvgIpc) is 2.43. The molecule has 2 unspecified atom stereocenters. The number of nitrogens with zero attached hydrogens (tertiary/aromatic N) is 1. The van der Waals surface area contributed by atoms with Crippen molar-refractivity contribution in [3.8, 4) is 0 Å². The smallest absolute Gasteiger partial charge is 0.220 e. The highest BCUT2D eigenvalue weighted by Crippen LogP contribution is 2.25. The zero-order valence-corrected chi connectivity index (χ0v) is 11.3. The maximum absolute atomic E-state index is 11.9. The van der Waals surface area contributed by atoms with E-state index in [1.807, 2.05) is 12.1 Å².